The van der Waals surface area contributed by atoms with Crippen LogP contribution in [0.4, 0.5) is 0 Å². The second-order valence-corrected chi connectivity index (χ2v) is 9.43. The molecule has 0 aliphatic heterocycles. The molecule has 0 saturated carbocycles. The fraction of sp³-hybridized carbons (Fsp3) is 0.0526. The number of rotatable bonds is 4. The molecule has 3 N–H and O–H groups in total. The number of hydrogen-bond acceptors (Lipinski definition) is 4. The van der Waals surface area contributed by atoms with Crippen molar-refractivity contribution in [2.24, 2.45) is 0 Å². The average Bonchev–Trinajstić information content (AvgIpc) is 2.57. The van der Waals surface area contributed by atoms with Gasteiger partial charge < -0.3 is 10.2 Å². The van der Waals surface area contributed by atoms with E-state index in [1.165, 1.54) is 42.5 Å². The Kier molecular flexibility index (Phi) is 5.98. The lowest BCUT2D eigenvalue weighted by Crippen LogP contribution is -2.38. The van der Waals surface area contributed by atoms with E-state index < -0.39 is 31.9 Å². The first kappa shape index (κ1) is 22.0. The predicted octanol–water partition coefficient (Wildman–Crippen LogP) is 5.89. The highest BCUT2D eigenvalue weighted by Crippen LogP contribution is 2.50. The summed E-state index contributed by atoms with van der Waals surface area (Å²) in [5.41, 5.74) is -0.551. The molecule has 0 bridgehead atoms. The van der Waals surface area contributed by atoms with Gasteiger partial charge in [0.1, 0.15) is 11.5 Å². The smallest absolute Gasteiger partial charge is 0.283 e. The van der Waals surface area contributed by atoms with E-state index in [4.69, 9.17) is 46.4 Å². The van der Waals surface area contributed by atoms with Crippen molar-refractivity contribution in [3.63, 3.8) is 0 Å². The molecular formula is C19H12Cl4O5S. The first-order valence-corrected chi connectivity index (χ1v) is 10.8. The van der Waals surface area contributed by atoms with Gasteiger partial charge in [0.2, 0.25) is 0 Å². The van der Waals surface area contributed by atoms with Gasteiger partial charge in [0, 0.05) is 26.7 Å². The van der Waals surface area contributed by atoms with Gasteiger partial charge in [0.25, 0.3) is 10.1 Å². The lowest BCUT2D eigenvalue weighted by atomic mass is 9.83. The van der Waals surface area contributed by atoms with Crippen molar-refractivity contribution in [1.82, 2.24) is 0 Å². The Morgan fingerprint density at radius 3 is 1.90 bits per heavy atom. The van der Waals surface area contributed by atoms with Crippen LogP contribution in [0.15, 0.2) is 54.6 Å². The van der Waals surface area contributed by atoms with E-state index in [2.05, 4.69) is 0 Å². The molecule has 1 atom stereocenters. The Morgan fingerprint density at radius 1 is 0.759 bits per heavy atom. The van der Waals surface area contributed by atoms with E-state index in [1.54, 1.807) is 0 Å². The molecule has 1 unspecified atom stereocenters. The van der Waals surface area contributed by atoms with Crippen molar-refractivity contribution in [1.29, 1.82) is 0 Å². The minimum atomic E-state index is -5.10. The van der Waals surface area contributed by atoms with E-state index in [1.807, 2.05) is 0 Å². The maximum Gasteiger partial charge on any atom is 0.283 e. The van der Waals surface area contributed by atoms with Gasteiger partial charge in [-0.1, -0.05) is 58.5 Å². The molecule has 0 aromatic heterocycles. The molecule has 0 amide bonds. The van der Waals surface area contributed by atoms with E-state index in [0.717, 1.165) is 12.1 Å². The first-order chi connectivity index (χ1) is 13.5. The molecule has 0 aliphatic rings. The molecule has 0 spiro atoms. The van der Waals surface area contributed by atoms with Crippen LogP contribution in [0.25, 0.3) is 0 Å². The van der Waals surface area contributed by atoms with Crippen LogP contribution in [0.3, 0.4) is 0 Å². The van der Waals surface area contributed by atoms with Gasteiger partial charge >= 0.3 is 0 Å². The van der Waals surface area contributed by atoms with Crippen molar-refractivity contribution in [2.45, 2.75) is 4.75 Å². The molecule has 0 aliphatic carbocycles. The van der Waals surface area contributed by atoms with E-state index in [0.29, 0.717) is 0 Å². The van der Waals surface area contributed by atoms with E-state index in [9.17, 15) is 23.2 Å². The second kappa shape index (κ2) is 7.87. The van der Waals surface area contributed by atoms with Crippen LogP contribution < -0.4 is 0 Å². The number of phenolic OH excluding ortho intramolecular Hbond substituents is 2. The third-order valence-corrected chi connectivity index (χ3v) is 6.74. The molecule has 3 aromatic rings. The molecule has 5 nitrogen and oxygen atoms in total. The van der Waals surface area contributed by atoms with Crippen molar-refractivity contribution in [3.05, 3.63) is 91.4 Å². The molecule has 3 aromatic carbocycles. The van der Waals surface area contributed by atoms with Gasteiger partial charge in [0.15, 0.2) is 4.75 Å². The van der Waals surface area contributed by atoms with Gasteiger partial charge in [0.05, 0.1) is 5.02 Å². The summed E-state index contributed by atoms with van der Waals surface area (Å²) in [7, 11) is -5.10. The molecule has 3 rings (SSSR count). The Balaban J connectivity index is 2.63. The van der Waals surface area contributed by atoms with Crippen LogP contribution in [0.2, 0.25) is 20.1 Å². The summed E-state index contributed by atoms with van der Waals surface area (Å²) < 4.78 is 33.9. The topological polar surface area (TPSA) is 94.8 Å². The van der Waals surface area contributed by atoms with Crippen LogP contribution >= 0.6 is 46.4 Å². The fourth-order valence-corrected chi connectivity index (χ4v) is 5.44. The summed E-state index contributed by atoms with van der Waals surface area (Å²) in [6.07, 6.45) is 0. The second-order valence-electron chi connectivity index (χ2n) is 6.15. The molecule has 0 fully saturated rings. The number of hydrogen-bond donors (Lipinski definition) is 3. The minimum absolute atomic E-state index is 0.0391. The number of aromatic hydroxyl groups is 2. The van der Waals surface area contributed by atoms with E-state index >= 15 is 0 Å². The largest absolute Gasteiger partial charge is 0.508 e. The Labute approximate surface area is 186 Å². The molecule has 152 valence electrons. The molecular weight excluding hydrogens is 482 g/mol. The minimum Gasteiger partial charge on any atom is -0.508 e. The van der Waals surface area contributed by atoms with Crippen LogP contribution in [0, 0.1) is 0 Å². The Morgan fingerprint density at radius 2 is 1.34 bits per heavy atom. The SMILES string of the molecule is O=S(=O)(O)C(c1cccc(Cl)c1)(c1cc(Cl)cc(Cl)c1)c1cc(O)cc(Cl)c1O. The highest BCUT2D eigenvalue weighted by Gasteiger charge is 2.51. The van der Waals surface area contributed by atoms with Gasteiger partial charge in [-0.15, -0.1) is 0 Å². The van der Waals surface area contributed by atoms with Crippen molar-refractivity contribution < 1.29 is 23.2 Å². The third kappa shape index (κ3) is 3.89. The van der Waals surface area contributed by atoms with Gasteiger partial charge in [-0.3, -0.25) is 4.55 Å². The highest BCUT2D eigenvalue weighted by molar-refractivity contribution is 7.87. The summed E-state index contributed by atoms with van der Waals surface area (Å²) in [6.45, 7) is 0. The zero-order valence-electron chi connectivity index (χ0n) is 14.3. The molecule has 29 heavy (non-hydrogen) atoms. The number of benzene rings is 3. The van der Waals surface area contributed by atoms with Crippen molar-refractivity contribution in [3.8, 4) is 11.5 Å². The molecule has 10 heteroatoms. The number of halogens is 4. The quantitative estimate of drug-likeness (QED) is 0.239. The average molecular weight is 494 g/mol. The van der Waals surface area contributed by atoms with Gasteiger partial charge in [-0.25, -0.2) is 0 Å². The molecule has 0 saturated heterocycles. The number of phenols is 2. The normalized spacial score (nSPS) is 13.8. The van der Waals surface area contributed by atoms with Crippen molar-refractivity contribution >= 4 is 56.5 Å². The lowest BCUT2D eigenvalue weighted by Gasteiger charge is -2.33. The van der Waals surface area contributed by atoms with Gasteiger partial charge in [-0.05, 0) is 47.5 Å². The molecule has 0 heterocycles. The van der Waals surface area contributed by atoms with Crippen LogP contribution in [0.1, 0.15) is 16.7 Å². The van der Waals surface area contributed by atoms with E-state index in [-0.39, 0.29) is 31.2 Å². The third-order valence-electron chi connectivity index (χ3n) is 4.31. The standard InChI is InChI=1S/C19H12Cl4O5S/c20-12-3-1-2-10(4-12)19(29(26,27)28,11-5-13(21)7-14(22)6-11)16-8-15(24)9-17(23)18(16)25/h1-9,24-25H,(H,26,27,28). The monoisotopic (exact) mass is 492 g/mol. The predicted molar refractivity (Wildman–Crippen MR) is 114 cm³/mol. The summed E-state index contributed by atoms with van der Waals surface area (Å²) in [4.78, 5) is 0. The lowest BCUT2D eigenvalue weighted by molar-refractivity contribution is 0.435. The summed E-state index contributed by atoms with van der Waals surface area (Å²) in [5, 5.41) is 20.7. The maximum atomic E-state index is 13.0. The maximum absolute atomic E-state index is 13.0. The van der Waals surface area contributed by atoms with Crippen LogP contribution in [-0.2, 0) is 14.9 Å². The summed E-state index contributed by atoms with van der Waals surface area (Å²) in [5.74, 6) is -1.11. The van der Waals surface area contributed by atoms with Crippen molar-refractivity contribution in [2.75, 3.05) is 0 Å². The summed E-state index contributed by atoms with van der Waals surface area (Å²) in [6, 6.07) is 11.5. The summed E-state index contributed by atoms with van der Waals surface area (Å²) >= 11 is 24.2. The van der Waals surface area contributed by atoms with Crippen LogP contribution in [-0.4, -0.2) is 23.2 Å². The van der Waals surface area contributed by atoms with Gasteiger partial charge in [-0.2, -0.15) is 8.42 Å². The highest BCUT2D eigenvalue weighted by atomic mass is 35.5. The Hall–Kier alpha value is -1.67. The molecule has 0 radical (unpaired) electrons. The first-order valence-electron chi connectivity index (χ1n) is 7.88. The zero-order chi connectivity index (χ0) is 21.6. The van der Waals surface area contributed by atoms with Crippen LogP contribution in [0.5, 0.6) is 11.5 Å². The zero-order valence-corrected chi connectivity index (χ0v) is 18.1. The fourth-order valence-electron chi connectivity index (χ4n) is 3.23. The Bertz CT molecular complexity index is 1190.